The van der Waals surface area contributed by atoms with E-state index in [1.54, 1.807) is 35.8 Å². The normalized spacial score (nSPS) is 15.6. The summed E-state index contributed by atoms with van der Waals surface area (Å²) >= 11 is 13.6. The average molecular weight is 545 g/mol. The van der Waals surface area contributed by atoms with Gasteiger partial charge >= 0.3 is 5.97 Å². The van der Waals surface area contributed by atoms with Gasteiger partial charge in [0, 0.05) is 10.0 Å². The predicted octanol–water partition coefficient (Wildman–Crippen LogP) is 5.14. The van der Waals surface area contributed by atoms with E-state index in [0.717, 1.165) is 5.56 Å². The predicted molar refractivity (Wildman–Crippen MR) is 144 cm³/mol. The van der Waals surface area contributed by atoms with Crippen molar-refractivity contribution in [2.45, 2.75) is 33.7 Å². The van der Waals surface area contributed by atoms with Gasteiger partial charge in [0.1, 0.15) is 5.75 Å². The van der Waals surface area contributed by atoms with Gasteiger partial charge < -0.3 is 9.47 Å². The first-order valence-corrected chi connectivity index (χ1v) is 13.1. The Morgan fingerprint density at radius 2 is 1.92 bits per heavy atom. The molecule has 0 fully saturated rings. The Morgan fingerprint density at radius 3 is 2.56 bits per heavy atom. The Balaban J connectivity index is 1.89. The third-order valence-corrected chi connectivity index (χ3v) is 7.09. The third kappa shape index (κ3) is 5.43. The van der Waals surface area contributed by atoms with Crippen LogP contribution in [0.5, 0.6) is 5.75 Å². The van der Waals surface area contributed by atoms with Gasteiger partial charge in [-0.2, -0.15) is 0 Å². The molecule has 1 unspecified atom stereocenters. The molecule has 3 aromatic rings. The fraction of sp³-hybridized carbons (Fsp3) is 0.296. The van der Waals surface area contributed by atoms with Crippen LogP contribution >= 0.6 is 34.5 Å². The van der Waals surface area contributed by atoms with E-state index in [1.807, 2.05) is 45.0 Å². The van der Waals surface area contributed by atoms with Crippen molar-refractivity contribution in [3.05, 3.63) is 94.6 Å². The minimum Gasteiger partial charge on any atom is -0.494 e. The van der Waals surface area contributed by atoms with Gasteiger partial charge in [0.15, 0.2) is 4.80 Å². The van der Waals surface area contributed by atoms with E-state index in [0.29, 0.717) is 48.6 Å². The highest BCUT2D eigenvalue weighted by Crippen LogP contribution is 2.32. The lowest BCUT2D eigenvalue weighted by atomic mass is 9.96. The Kier molecular flexibility index (Phi) is 8.03. The fourth-order valence-electron chi connectivity index (χ4n) is 3.89. The van der Waals surface area contributed by atoms with Crippen LogP contribution in [0, 0.1) is 5.92 Å². The summed E-state index contributed by atoms with van der Waals surface area (Å²) in [6, 6.07) is 11.8. The molecule has 36 heavy (non-hydrogen) atoms. The number of thiazole rings is 1. The van der Waals surface area contributed by atoms with E-state index < -0.39 is 12.0 Å². The van der Waals surface area contributed by atoms with Crippen molar-refractivity contribution < 1.29 is 14.3 Å². The number of carbonyl (C=O) groups is 1. The molecule has 0 bridgehead atoms. The van der Waals surface area contributed by atoms with E-state index in [1.165, 1.54) is 11.3 Å². The molecule has 0 spiro atoms. The van der Waals surface area contributed by atoms with Crippen LogP contribution < -0.4 is 19.6 Å². The second kappa shape index (κ2) is 11.0. The number of aromatic nitrogens is 1. The molecule has 1 atom stereocenters. The van der Waals surface area contributed by atoms with Crippen LogP contribution in [0.4, 0.5) is 0 Å². The van der Waals surface area contributed by atoms with Gasteiger partial charge in [-0.25, -0.2) is 9.79 Å². The summed E-state index contributed by atoms with van der Waals surface area (Å²) < 4.78 is 13.2. The zero-order chi connectivity index (χ0) is 26.0. The highest BCUT2D eigenvalue weighted by molar-refractivity contribution is 7.07. The molecule has 1 aliphatic rings. The van der Waals surface area contributed by atoms with Crippen molar-refractivity contribution in [3.8, 4) is 5.75 Å². The minimum absolute atomic E-state index is 0.170. The number of allylic oxidation sites excluding steroid dienone is 1. The smallest absolute Gasteiger partial charge is 0.338 e. The van der Waals surface area contributed by atoms with Crippen LogP contribution in [0.2, 0.25) is 10.0 Å². The molecule has 2 heterocycles. The van der Waals surface area contributed by atoms with Gasteiger partial charge in [0.2, 0.25) is 0 Å². The topological polar surface area (TPSA) is 69.9 Å². The van der Waals surface area contributed by atoms with E-state index >= 15 is 0 Å². The first kappa shape index (κ1) is 26.2. The summed E-state index contributed by atoms with van der Waals surface area (Å²) in [6.07, 6.45) is 1.72. The summed E-state index contributed by atoms with van der Waals surface area (Å²) in [5.41, 5.74) is 1.99. The van der Waals surface area contributed by atoms with Crippen LogP contribution in [-0.2, 0) is 9.53 Å². The lowest BCUT2D eigenvalue weighted by molar-refractivity contribution is -0.140. The van der Waals surface area contributed by atoms with Crippen LogP contribution in [-0.4, -0.2) is 23.8 Å². The number of benzene rings is 2. The fourth-order valence-corrected chi connectivity index (χ4v) is 5.39. The number of rotatable bonds is 7. The number of fused-ring (bicyclic) bond motifs is 1. The Morgan fingerprint density at radius 1 is 1.19 bits per heavy atom. The molecule has 0 N–H and O–H groups in total. The molecule has 6 nitrogen and oxygen atoms in total. The monoisotopic (exact) mass is 544 g/mol. The number of ether oxygens (including phenoxy) is 2. The highest BCUT2D eigenvalue weighted by Gasteiger charge is 2.33. The second-order valence-electron chi connectivity index (χ2n) is 8.74. The summed E-state index contributed by atoms with van der Waals surface area (Å²) in [5.74, 6) is 0.388. The molecule has 0 aliphatic carbocycles. The zero-order valence-corrected chi connectivity index (χ0v) is 22.7. The maximum Gasteiger partial charge on any atom is 0.338 e. The van der Waals surface area contributed by atoms with Crippen LogP contribution in [0.25, 0.3) is 6.08 Å². The largest absolute Gasteiger partial charge is 0.494 e. The Bertz CT molecular complexity index is 1500. The van der Waals surface area contributed by atoms with Crippen molar-refractivity contribution >= 4 is 46.6 Å². The quantitative estimate of drug-likeness (QED) is 0.386. The van der Waals surface area contributed by atoms with Gasteiger partial charge in [0.25, 0.3) is 5.56 Å². The summed E-state index contributed by atoms with van der Waals surface area (Å²) in [4.78, 5) is 32.1. The molecule has 1 aromatic heterocycles. The molecule has 4 rings (SSSR count). The van der Waals surface area contributed by atoms with Crippen molar-refractivity contribution in [2.24, 2.45) is 10.9 Å². The van der Waals surface area contributed by atoms with Crippen molar-refractivity contribution in [2.75, 3.05) is 13.2 Å². The third-order valence-electron chi connectivity index (χ3n) is 5.55. The summed E-state index contributed by atoms with van der Waals surface area (Å²) in [7, 11) is 0. The molecule has 2 aromatic carbocycles. The number of carbonyl (C=O) groups excluding carboxylic acids is 1. The van der Waals surface area contributed by atoms with E-state index in [2.05, 4.69) is 4.99 Å². The molecular formula is C27H26Cl2N2O4S. The number of hydrogen-bond donors (Lipinski definition) is 0. The molecule has 9 heteroatoms. The molecule has 1 aliphatic heterocycles. The average Bonchev–Trinajstić information content (AvgIpc) is 3.13. The van der Waals surface area contributed by atoms with Crippen LogP contribution in [0.1, 0.15) is 44.9 Å². The number of hydrogen-bond acceptors (Lipinski definition) is 6. The maximum atomic E-state index is 13.7. The van der Waals surface area contributed by atoms with E-state index in [9.17, 15) is 9.59 Å². The molecule has 0 radical (unpaired) electrons. The second-order valence-corrected chi connectivity index (χ2v) is 10.6. The van der Waals surface area contributed by atoms with Crippen molar-refractivity contribution in [1.82, 2.24) is 4.57 Å². The van der Waals surface area contributed by atoms with E-state index in [-0.39, 0.29) is 18.1 Å². The molecule has 0 saturated heterocycles. The Labute approximate surface area is 223 Å². The lowest BCUT2D eigenvalue weighted by Crippen LogP contribution is -2.40. The number of nitrogens with zero attached hydrogens (tertiary/aromatic N) is 2. The molecular weight excluding hydrogens is 519 g/mol. The van der Waals surface area contributed by atoms with Gasteiger partial charge in [-0.15, -0.1) is 0 Å². The molecule has 0 saturated carbocycles. The van der Waals surface area contributed by atoms with Gasteiger partial charge in [-0.05, 0) is 61.2 Å². The lowest BCUT2D eigenvalue weighted by Gasteiger charge is -2.25. The zero-order valence-electron chi connectivity index (χ0n) is 20.4. The molecule has 188 valence electrons. The number of halogens is 2. The van der Waals surface area contributed by atoms with Crippen molar-refractivity contribution in [3.63, 3.8) is 0 Å². The molecule has 0 amide bonds. The van der Waals surface area contributed by atoms with Gasteiger partial charge in [0.05, 0.1) is 35.1 Å². The maximum absolute atomic E-state index is 13.7. The summed E-state index contributed by atoms with van der Waals surface area (Å²) in [6.45, 7) is 8.41. The number of esters is 1. The Hall–Kier alpha value is -2.87. The van der Waals surface area contributed by atoms with Gasteiger partial charge in [-0.3, -0.25) is 9.36 Å². The van der Waals surface area contributed by atoms with Crippen LogP contribution in [0.3, 0.4) is 0 Å². The SMILES string of the molecule is CCOc1ccc(C2C(C(=O)OCC(C)C)=C(C)N=c3sc(=Cc4ccc(Cl)cc4Cl)c(=O)n32)cc1. The summed E-state index contributed by atoms with van der Waals surface area (Å²) in [5, 5.41) is 0.944. The first-order valence-electron chi connectivity index (χ1n) is 11.6. The van der Waals surface area contributed by atoms with Crippen LogP contribution in [0.15, 0.2) is 63.5 Å². The van der Waals surface area contributed by atoms with Crippen molar-refractivity contribution in [1.29, 1.82) is 0 Å². The highest BCUT2D eigenvalue weighted by atomic mass is 35.5. The van der Waals surface area contributed by atoms with E-state index in [4.69, 9.17) is 32.7 Å². The standard InChI is InChI=1S/C27H26Cl2N2O4S/c1-5-34-20-10-7-17(8-11-20)24-23(26(33)35-14-15(2)3)16(4)30-27-31(24)25(32)22(36-27)12-18-6-9-19(28)13-21(18)29/h6-13,15,24H,5,14H2,1-4H3. The first-order chi connectivity index (χ1) is 17.2. The minimum atomic E-state index is -0.695. The van der Waals surface area contributed by atoms with Gasteiger partial charge in [-0.1, -0.05) is 66.6 Å².